The Hall–Kier alpha value is -0.390. The van der Waals surface area contributed by atoms with Gasteiger partial charge in [-0.3, -0.25) is 0 Å². The van der Waals surface area contributed by atoms with Crippen molar-refractivity contribution in [1.29, 1.82) is 0 Å². The normalized spacial score (nSPS) is 12.4. The fourth-order valence-electron chi connectivity index (χ4n) is 1.88. The first-order chi connectivity index (χ1) is 8.22. The summed E-state index contributed by atoms with van der Waals surface area (Å²) in [6, 6.07) is 17.1. The van der Waals surface area contributed by atoms with E-state index in [0.29, 0.717) is 0 Å². The molecule has 0 fully saturated rings. The second-order valence-corrected chi connectivity index (χ2v) is 5.88. The van der Waals surface area contributed by atoms with Gasteiger partial charge in [-0.25, -0.2) is 0 Å². The molecule has 1 atom stereocenters. The highest BCUT2D eigenvalue weighted by Gasteiger charge is 2.14. The number of halogens is 2. The van der Waals surface area contributed by atoms with Crippen LogP contribution >= 0.6 is 38.5 Å². The summed E-state index contributed by atoms with van der Waals surface area (Å²) in [6.07, 6.45) is 0. The second kappa shape index (κ2) is 5.98. The van der Waals surface area contributed by atoms with Gasteiger partial charge in [0.2, 0.25) is 0 Å². The van der Waals surface area contributed by atoms with Crippen molar-refractivity contribution in [2.75, 3.05) is 7.05 Å². The van der Waals surface area contributed by atoms with Gasteiger partial charge in [0.15, 0.2) is 0 Å². The van der Waals surface area contributed by atoms with E-state index in [2.05, 4.69) is 86.3 Å². The SMILES string of the molecule is CNC(c1ccccc1)c1cc(Br)ccc1I. The lowest BCUT2D eigenvalue weighted by Crippen LogP contribution is -2.18. The van der Waals surface area contributed by atoms with Gasteiger partial charge in [0.05, 0.1) is 6.04 Å². The molecule has 0 saturated heterocycles. The molecule has 0 heterocycles. The lowest BCUT2D eigenvalue weighted by atomic mass is 9.99. The maximum Gasteiger partial charge on any atom is 0.0585 e. The Morgan fingerprint density at radius 3 is 2.47 bits per heavy atom. The van der Waals surface area contributed by atoms with Crippen LogP contribution in [0.4, 0.5) is 0 Å². The van der Waals surface area contributed by atoms with Gasteiger partial charge in [-0.15, -0.1) is 0 Å². The lowest BCUT2D eigenvalue weighted by molar-refractivity contribution is 0.688. The molecule has 2 rings (SSSR count). The van der Waals surface area contributed by atoms with Crippen LogP contribution in [0.5, 0.6) is 0 Å². The van der Waals surface area contributed by atoms with Crippen LogP contribution in [0, 0.1) is 3.57 Å². The quantitative estimate of drug-likeness (QED) is 0.753. The van der Waals surface area contributed by atoms with E-state index in [0.717, 1.165) is 4.47 Å². The van der Waals surface area contributed by atoms with E-state index in [-0.39, 0.29) is 6.04 Å². The zero-order valence-electron chi connectivity index (χ0n) is 9.45. The number of hydrogen-bond donors (Lipinski definition) is 1. The van der Waals surface area contributed by atoms with Gasteiger partial charge in [-0.2, -0.15) is 0 Å². The molecule has 0 saturated carbocycles. The first kappa shape index (κ1) is 13.1. The molecular formula is C14H13BrIN. The van der Waals surface area contributed by atoms with Gasteiger partial charge in [0.1, 0.15) is 0 Å². The molecule has 1 unspecified atom stereocenters. The Labute approximate surface area is 124 Å². The van der Waals surface area contributed by atoms with E-state index < -0.39 is 0 Å². The smallest absolute Gasteiger partial charge is 0.0585 e. The molecule has 17 heavy (non-hydrogen) atoms. The van der Waals surface area contributed by atoms with Crippen molar-refractivity contribution < 1.29 is 0 Å². The third-order valence-electron chi connectivity index (χ3n) is 2.69. The highest BCUT2D eigenvalue weighted by molar-refractivity contribution is 14.1. The van der Waals surface area contributed by atoms with Crippen LogP contribution in [0.1, 0.15) is 17.2 Å². The summed E-state index contributed by atoms with van der Waals surface area (Å²) in [7, 11) is 1.99. The molecule has 0 aromatic heterocycles. The molecule has 2 aromatic carbocycles. The highest BCUT2D eigenvalue weighted by Crippen LogP contribution is 2.28. The van der Waals surface area contributed by atoms with E-state index in [1.165, 1.54) is 14.7 Å². The Kier molecular flexibility index (Phi) is 4.59. The molecule has 0 bridgehead atoms. The van der Waals surface area contributed by atoms with Crippen LogP contribution in [0.3, 0.4) is 0 Å². The summed E-state index contributed by atoms with van der Waals surface area (Å²) in [5.74, 6) is 0. The predicted octanol–water partition coefficient (Wildman–Crippen LogP) is 4.36. The van der Waals surface area contributed by atoms with Crippen LogP contribution in [0.2, 0.25) is 0 Å². The Morgan fingerprint density at radius 1 is 1.12 bits per heavy atom. The van der Waals surface area contributed by atoms with Gasteiger partial charge in [0.25, 0.3) is 0 Å². The molecule has 0 aliphatic heterocycles. The number of nitrogens with one attached hydrogen (secondary N) is 1. The molecule has 1 N–H and O–H groups in total. The summed E-state index contributed by atoms with van der Waals surface area (Å²) in [6.45, 7) is 0. The molecule has 0 amide bonds. The summed E-state index contributed by atoms with van der Waals surface area (Å²) in [4.78, 5) is 0. The number of rotatable bonds is 3. The zero-order valence-corrected chi connectivity index (χ0v) is 13.2. The first-order valence-electron chi connectivity index (χ1n) is 5.39. The van der Waals surface area contributed by atoms with E-state index in [1.54, 1.807) is 0 Å². The molecule has 0 aliphatic rings. The van der Waals surface area contributed by atoms with Crippen LogP contribution in [-0.4, -0.2) is 7.05 Å². The monoisotopic (exact) mass is 401 g/mol. The van der Waals surface area contributed by atoms with Gasteiger partial charge in [-0.1, -0.05) is 46.3 Å². The van der Waals surface area contributed by atoms with Crippen molar-refractivity contribution in [3.05, 3.63) is 67.7 Å². The third kappa shape index (κ3) is 3.09. The molecule has 0 radical (unpaired) electrons. The first-order valence-corrected chi connectivity index (χ1v) is 7.26. The van der Waals surface area contributed by atoms with E-state index in [9.17, 15) is 0 Å². The number of hydrogen-bond acceptors (Lipinski definition) is 1. The standard InChI is InChI=1S/C14H13BrIN/c1-17-14(10-5-3-2-4-6-10)12-9-11(15)7-8-13(12)16/h2-9,14,17H,1H3. The topological polar surface area (TPSA) is 12.0 Å². The van der Waals surface area contributed by atoms with Crippen molar-refractivity contribution in [3.63, 3.8) is 0 Å². The van der Waals surface area contributed by atoms with Gasteiger partial charge < -0.3 is 5.32 Å². The molecule has 0 spiro atoms. The Balaban J connectivity index is 2.46. The Morgan fingerprint density at radius 2 is 1.82 bits per heavy atom. The fourth-order valence-corrected chi connectivity index (χ4v) is 2.91. The second-order valence-electron chi connectivity index (χ2n) is 3.80. The predicted molar refractivity (Wildman–Crippen MR) is 84.2 cm³/mol. The third-order valence-corrected chi connectivity index (χ3v) is 4.17. The van der Waals surface area contributed by atoms with Crippen LogP contribution in [-0.2, 0) is 0 Å². The summed E-state index contributed by atoms with van der Waals surface area (Å²) in [5.41, 5.74) is 2.58. The van der Waals surface area contributed by atoms with E-state index in [4.69, 9.17) is 0 Å². The maximum absolute atomic E-state index is 3.54. The minimum absolute atomic E-state index is 0.237. The Bertz CT molecular complexity index is 499. The number of benzene rings is 2. The fraction of sp³-hybridized carbons (Fsp3) is 0.143. The van der Waals surface area contributed by atoms with E-state index >= 15 is 0 Å². The van der Waals surface area contributed by atoms with Gasteiger partial charge >= 0.3 is 0 Å². The highest BCUT2D eigenvalue weighted by atomic mass is 127. The van der Waals surface area contributed by atoms with Gasteiger partial charge in [-0.05, 0) is 59.0 Å². The van der Waals surface area contributed by atoms with E-state index in [1.807, 2.05) is 13.1 Å². The zero-order chi connectivity index (χ0) is 12.3. The van der Waals surface area contributed by atoms with Crippen molar-refractivity contribution in [2.24, 2.45) is 0 Å². The molecule has 88 valence electrons. The maximum atomic E-state index is 3.54. The minimum atomic E-state index is 0.237. The van der Waals surface area contributed by atoms with Crippen molar-refractivity contribution >= 4 is 38.5 Å². The van der Waals surface area contributed by atoms with Crippen LogP contribution in [0.25, 0.3) is 0 Å². The minimum Gasteiger partial charge on any atom is -0.309 e. The van der Waals surface area contributed by atoms with Crippen LogP contribution in [0.15, 0.2) is 53.0 Å². The van der Waals surface area contributed by atoms with Crippen molar-refractivity contribution in [3.8, 4) is 0 Å². The van der Waals surface area contributed by atoms with Crippen LogP contribution < -0.4 is 5.32 Å². The molecule has 2 aromatic rings. The lowest BCUT2D eigenvalue weighted by Gasteiger charge is -2.19. The molecule has 1 nitrogen and oxygen atoms in total. The average molecular weight is 402 g/mol. The molecule has 3 heteroatoms. The van der Waals surface area contributed by atoms with Crippen molar-refractivity contribution in [2.45, 2.75) is 6.04 Å². The average Bonchev–Trinajstić information content (AvgIpc) is 2.36. The summed E-state index contributed by atoms with van der Waals surface area (Å²) in [5, 5.41) is 3.38. The molecule has 0 aliphatic carbocycles. The largest absolute Gasteiger partial charge is 0.309 e. The summed E-state index contributed by atoms with van der Waals surface area (Å²) >= 11 is 5.92. The summed E-state index contributed by atoms with van der Waals surface area (Å²) < 4.78 is 2.39. The molecular weight excluding hydrogens is 389 g/mol. The van der Waals surface area contributed by atoms with Gasteiger partial charge in [0, 0.05) is 8.04 Å². The van der Waals surface area contributed by atoms with Crippen molar-refractivity contribution in [1.82, 2.24) is 5.32 Å².